The lowest BCUT2D eigenvalue weighted by Crippen LogP contribution is -2.10. The van der Waals surface area contributed by atoms with Crippen LogP contribution >= 0.6 is 0 Å². The zero-order valence-electron chi connectivity index (χ0n) is 15.1. The summed E-state index contributed by atoms with van der Waals surface area (Å²) in [5.74, 6) is -0.403. The van der Waals surface area contributed by atoms with E-state index < -0.39 is 5.97 Å². The summed E-state index contributed by atoms with van der Waals surface area (Å²) in [7, 11) is 0. The van der Waals surface area contributed by atoms with Gasteiger partial charge in [-0.2, -0.15) is 0 Å². The smallest absolute Gasteiger partial charge is 0.357 e. The average molecular weight is 353 g/mol. The highest BCUT2D eigenvalue weighted by Crippen LogP contribution is 2.36. The summed E-state index contributed by atoms with van der Waals surface area (Å²) in [5.41, 5.74) is 3.86. The van der Waals surface area contributed by atoms with Gasteiger partial charge in [0.05, 0.1) is 12.3 Å². The summed E-state index contributed by atoms with van der Waals surface area (Å²) in [6.45, 7) is 2.11. The molecule has 0 saturated heterocycles. The van der Waals surface area contributed by atoms with Gasteiger partial charge in [-0.05, 0) is 17.9 Å². The van der Waals surface area contributed by atoms with Crippen molar-refractivity contribution in [1.82, 2.24) is 4.98 Å². The molecule has 4 aromatic rings. The third-order valence-electron chi connectivity index (χ3n) is 4.49. The Kier molecular flexibility index (Phi) is 4.67. The molecule has 132 valence electrons. The van der Waals surface area contributed by atoms with Crippen molar-refractivity contribution in [1.29, 1.82) is 0 Å². The molecule has 4 rings (SSSR count). The number of carbonyl (C=O) groups excluding carboxylic acids is 1. The molecular weight excluding hydrogens is 334 g/mol. The molecular formula is C24H19NO2. The standard InChI is InChI=1S/C24H19NO2/c1-2-27-24(26)23-21(17-11-5-3-6-12-17)19-15-9-10-16-20(19)22(25-23)18-13-7-4-8-14-18/h3-16H,2H2,1H3. The molecule has 0 aliphatic carbocycles. The fraction of sp³-hybridized carbons (Fsp3) is 0.0833. The van der Waals surface area contributed by atoms with E-state index in [0.717, 1.165) is 33.2 Å². The van der Waals surface area contributed by atoms with Gasteiger partial charge in [0.15, 0.2) is 5.69 Å². The lowest BCUT2D eigenvalue weighted by Gasteiger charge is -2.15. The molecule has 3 aromatic carbocycles. The summed E-state index contributed by atoms with van der Waals surface area (Å²) < 4.78 is 5.33. The number of esters is 1. The lowest BCUT2D eigenvalue weighted by atomic mass is 9.94. The average Bonchev–Trinajstić information content (AvgIpc) is 2.74. The highest BCUT2D eigenvalue weighted by atomic mass is 16.5. The topological polar surface area (TPSA) is 39.2 Å². The zero-order valence-corrected chi connectivity index (χ0v) is 15.1. The third kappa shape index (κ3) is 3.20. The van der Waals surface area contributed by atoms with Crippen LogP contribution < -0.4 is 0 Å². The quantitative estimate of drug-likeness (QED) is 0.439. The molecule has 0 aliphatic heterocycles. The number of carbonyl (C=O) groups is 1. The molecule has 0 unspecified atom stereocenters. The van der Waals surface area contributed by atoms with Crippen molar-refractivity contribution in [2.45, 2.75) is 6.92 Å². The second-order valence-corrected chi connectivity index (χ2v) is 6.18. The Morgan fingerprint density at radius 3 is 1.96 bits per heavy atom. The largest absolute Gasteiger partial charge is 0.461 e. The van der Waals surface area contributed by atoms with Crippen LogP contribution in [0, 0.1) is 0 Å². The summed E-state index contributed by atoms with van der Waals surface area (Å²) in [4.78, 5) is 17.6. The first-order valence-electron chi connectivity index (χ1n) is 9.00. The van der Waals surface area contributed by atoms with Crippen molar-refractivity contribution in [2.75, 3.05) is 6.61 Å². The van der Waals surface area contributed by atoms with Crippen LogP contribution in [-0.2, 0) is 4.74 Å². The Morgan fingerprint density at radius 1 is 0.778 bits per heavy atom. The summed E-state index contributed by atoms with van der Waals surface area (Å²) in [5, 5.41) is 2.00. The van der Waals surface area contributed by atoms with Gasteiger partial charge in [-0.3, -0.25) is 0 Å². The van der Waals surface area contributed by atoms with E-state index in [0.29, 0.717) is 12.3 Å². The minimum atomic E-state index is -0.403. The van der Waals surface area contributed by atoms with Crippen LogP contribution in [0.3, 0.4) is 0 Å². The van der Waals surface area contributed by atoms with Gasteiger partial charge in [-0.1, -0.05) is 84.9 Å². The summed E-state index contributed by atoms with van der Waals surface area (Å²) in [6, 6.07) is 27.9. The number of nitrogens with zero attached hydrogens (tertiary/aromatic N) is 1. The second kappa shape index (κ2) is 7.42. The third-order valence-corrected chi connectivity index (χ3v) is 4.49. The van der Waals surface area contributed by atoms with Gasteiger partial charge in [0.25, 0.3) is 0 Å². The maximum atomic E-state index is 12.8. The van der Waals surface area contributed by atoms with Crippen molar-refractivity contribution in [3.63, 3.8) is 0 Å². The Labute approximate surface area is 158 Å². The molecule has 3 nitrogen and oxygen atoms in total. The molecule has 0 bridgehead atoms. The molecule has 0 radical (unpaired) electrons. The van der Waals surface area contributed by atoms with E-state index in [4.69, 9.17) is 9.72 Å². The van der Waals surface area contributed by atoms with Crippen LogP contribution in [0.4, 0.5) is 0 Å². The second-order valence-electron chi connectivity index (χ2n) is 6.18. The first-order valence-corrected chi connectivity index (χ1v) is 9.00. The molecule has 0 atom stereocenters. The van der Waals surface area contributed by atoms with Gasteiger partial charge in [-0.15, -0.1) is 0 Å². The number of fused-ring (bicyclic) bond motifs is 1. The minimum Gasteiger partial charge on any atom is -0.461 e. The fourth-order valence-corrected chi connectivity index (χ4v) is 3.32. The Hall–Kier alpha value is -3.46. The monoisotopic (exact) mass is 353 g/mol. The van der Waals surface area contributed by atoms with Gasteiger partial charge >= 0.3 is 5.97 Å². The van der Waals surface area contributed by atoms with Crippen LogP contribution in [-0.4, -0.2) is 17.6 Å². The van der Waals surface area contributed by atoms with E-state index >= 15 is 0 Å². The summed E-state index contributed by atoms with van der Waals surface area (Å²) in [6.07, 6.45) is 0. The molecule has 1 heterocycles. The fourth-order valence-electron chi connectivity index (χ4n) is 3.32. The van der Waals surface area contributed by atoms with E-state index in [2.05, 4.69) is 0 Å². The molecule has 1 aromatic heterocycles. The van der Waals surface area contributed by atoms with Gasteiger partial charge in [0, 0.05) is 16.5 Å². The molecule has 3 heteroatoms. The van der Waals surface area contributed by atoms with Crippen molar-refractivity contribution < 1.29 is 9.53 Å². The molecule has 0 aliphatic rings. The maximum absolute atomic E-state index is 12.8. The van der Waals surface area contributed by atoms with Gasteiger partial charge in [-0.25, -0.2) is 9.78 Å². The van der Waals surface area contributed by atoms with E-state index in [1.165, 1.54) is 0 Å². The van der Waals surface area contributed by atoms with Crippen LogP contribution in [0.1, 0.15) is 17.4 Å². The number of ether oxygens (including phenoxy) is 1. The van der Waals surface area contributed by atoms with Crippen LogP contribution in [0.5, 0.6) is 0 Å². The highest BCUT2D eigenvalue weighted by Gasteiger charge is 2.22. The van der Waals surface area contributed by atoms with E-state index in [-0.39, 0.29) is 0 Å². The van der Waals surface area contributed by atoms with Gasteiger partial charge in [0.1, 0.15) is 0 Å². The van der Waals surface area contributed by atoms with Gasteiger partial charge in [0.2, 0.25) is 0 Å². The predicted octanol–water partition coefficient (Wildman–Crippen LogP) is 5.75. The zero-order chi connectivity index (χ0) is 18.6. The van der Waals surface area contributed by atoms with Crippen molar-refractivity contribution in [3.8, 4) is 22.4 Å². The maximum Gasteiger partial charge on any atom is 0.357 e. The number of hydrogen-bond acceptors (Lipinski definition) is 3. The van der Waals surface area contributed by atoms with Crippen molar-refractivity contribution in [2.24, 2.45) is 0 Å². The van der Waals surface area contributed by atoms with Crippen molar-refractivity contribution in [3.05, 3.63) is 90.6 Å². The van der Waals surface area contributed by atoms with E-state index in [1.807, 2.05) is 84.9 Å². The first-order chi connectivity index (χ1) is 13.3. The van der Waals surface area contributed by atoms with E-state index in [1.54, 1.807) is 6.92 Å². The molecule has 0 fully saturated rings. The number of pyridine rings is 1. The molecule has 0 spiro atoms. The molecule has 27 heavy (non-hydrogen) atoms. The van der Waals surface area contributed by atoms with E-state index in [9.17, 15) is 4.79 Å². The Balaban J connectivity index is 2.09. The Morgan fingerprint density at radius 2 is 1.33 bits per heavy atom. The number of hydrogen-bond donors (Lipinski definition) is 0. The number of benzene rings is 3. The first kappa shape index (κ1) is 17.0. The van der Waals surface area contributed by atoms with Gasteiger partial charge < -0.3 is 4.74 Å². The normalized spacial score (nSPS) is 10.7. The SMILES string of the molecule is CCOC(=O)c1nc(-c2ccccc2)c2ccccc2c1-c1ccccc1. The predicted molar refractivity (Wildman–Crippen MR) is 109 cm³/mol. The number of aromatic nitrogens is 1. The van der Waals surface area contributed by atoms with Crippen molar-refractivity contribution >= 4 is 16.7 Å². The van der Waals surface area contributed by atoms with Crippen LogP contribution in [0.15, 0.2) is 84.9 Å². The molecule has 0 amide bonds. The minimum absolute atomic E-state index is 0.308. The van der Waals surface area contributed by atoms with Crippen LogP contribution in [0.2, 0.25) is 0 Å². The summed E-state index contributed by atoms with van der Waals surface area (Å²) >= 11 is 0. The lowest BCUT2D eigenvalue weighted by molar-refractivity contribution is 0.0521. The van der Waals surface area contributed by atoms with Crippen LogP contribution in [0.25, 0.3) is 33.2 Å². The number of rotatable bonds is 4. The molecule has 0 N–H and O–H groups in total. The molecule has 0 saturated carbocycles. The Bertz CT molecular complexity index is 1090. The highest BCUT2D eigenvalue weighted by molar-refractivity contribution is 6.10.